The van der Waals surface area contributed by atoms with Gasteiger partial charge in [0.15, 0.2) is 0 Å². The zero-order valence-electron chi connectivity index (χ0n) is 11.3. The Morgan fingerprint density at radius 1 is 1.35 bits per heavy atom. The summed E-state index contributed by atoms with van der Waals surface area (Å²) in [6, 6.07) is 0. The van der Waals surface area contributed by atoms with Gasteiger partial charge in [0, 0.05) is 6.42 Å². The predicted molar refractivity (Wildman–Crippen MR) is 81.2 cm³/mol. The standard InChI is InChI=1S/C16H22S/c1-5-6-7-16(17-4)12-15-11-9-13(2)8-10-14(15)3/h5-10H,11-12H2,1-4H3/b6-5+,16-7-. The largest absolute Gasteiger partial charge is 0.134 e. The van der Waals surface area contributed by atoms with Crippen molar-refractivity contribution in [3.05, 3.63) is 58.1 Å². The van der Waals surface area contributed by atoms with Gasteiger partial charge in [0.25, 0.3) is 0 Å². The van der Waals surface area contributed by atoms with Crippen LogP contribution in [0.15, 0.2) is 58.1 Å². The molecule has 0 radical (unpaired) electrons. The summed E-state index contributed by atoms with van der Waals surface area (Å²) in [5, 5.41) is 0. The van der Waals surface area contributed by atoms with E-state index in [-0.39, 0.29) is 0 Å². The van der Waals surface area contributed by atoms with Crippen LogP contribution in [-0.2, 0) is 0 Å². The van der Waals surface area contributed by atoms with Gasteiger partial charge in [0.05, 0.1) is 0 Å². The SMILES string of the molecule is C/C=C/C=C(/CC1=C(C)C=CC(C)=CC1)SC. The first-order valence-corrected chi connectivity index (χ1v) is 7.29. The molecule has 0 aromatic rings. The average molecular weight is 246 g/mol. The molecule has 1 heteroatoms. The first kappa shape index (κ1) is 14.1. The third-order valence-electron chi connectivity index (χ3n) is 2.95. The molecule has 0 heterocycles. The zero-order valence-corrected chi connectivity index (χ0v) is 12.1. The minimum atomic E-state index is 1.07. The van der Waals surface area contributed by atoms with Crippen molar-refractivity contribution in [3.63, 3.8) is 0 Å². The molecule has 0 N–H and O–H groups in total. The minimum Gasteiger partial charge on any atom is -0.134 e. The molecule has 1 aliphatic carbocycles. The van der Waals surface area contributed by atoms with Crippen LogP contribution in [0.2, 0.25) is 0 Å². The highest BCUT2D eigenvalue weighted by Gasteiger charge is 2.05. The highest BCUT2D eigenvalue weighted by molar-refractivity contribution is 8.02. The Kier molecular flexibility index (Phi) is 6.13. The summed E-state index contributed by atoms with van der Waals surface area (Å²) in [5.41, 5.74) is 4.31. The van der Waals surface area contributed by atoms with Gasteiger partial charge in [-0.05, 0) is 38.4 Å². The van der Waals surface area contributed by atoms with Crippen LogP contribution in [0.25, 0.3) is 0 Å². The third-order valence-corrected chi connectivity index (χ3v) is 3.75. The summed E-state index contributed by atoms with van der Waals surface area (Å²) in [5.74, 6) is 0. The molecule has 0 nitrogen and oxygen atoms in total. The Morgan fingerprint density at radius 2 is 2.12 bits per heavy atom. The molecule has 0 aromatic heterocycles. The van der Waals surface area contributed by atoms with Crippen LogP contribution in [0, 0.1) is 0 Å². The van der Waals surface area contributed by atoms with Crippen molar-refractivity contribution in [2.24, 2.45) is 0 Å². The van der Waals surface area contributed by atoms with Crippen LogP contribution in [0.5, 0.6) is 0 Å². The van der Waals surface area contributed by atoms with Gasteiger partial charge in [-0.15, -0.1) is 11.8 Å². The highest BCUT2D eigenvalue weighted by Crippen LogP contribution is 2.28. The van der Waals surface area contributed by atoms with Gasteiger partial charge in [-0.25, -0.2) is 0 Å². The lowest BCUT2D eigenvalue weighted by molar-refractivity contribution is 1.06. The van der Waals surface area contributed by atoms with E-state index < -0.39 is 0 Å². The van der Waals surface area contributed by atoms with Crippen molar-refractivity contribution in [1.29, 1.82) is 0 Å². The van der Waals surface area contributed by atoms with Crippen molar-refractivity contribution in [3.8, 4) is 0 Å². The van der Waals surface area contributed by atoms with E-state index in [1.165, 1.54) is 21.6 Å². The fourth-order valence-electron chi connectivity index (χ4n) is 1.71. The first-order chi connectivity index (χ1) is 8.17. The number of allylic oxidation sites excluding steroid dienone is 10. The second-order valence-electron chi connectivity index (χ2n) is 4.31. The Bertz CT molecular complexity index is 403. The van der Waals surface area contributed by atoms with Crippen molar-refractivity contribution in [1.82, 2.24) is 0 Å². The van der Waals surface area contributed by atoms with Crippen molar-refractivity contribution in [2.45, 2.75) is 33.6 Å². The molecule has 0 saturated carbocycles. The van der Waals surface area contributed by atoms with Gasteiger partial charge < -0.3 is 0 Å². The Balaban J connectivity index is 2.83. The van der Waals surface area contributed by atoms with Crippen LogP contribution in [0.4, 0.5) is 0 Å². The summed E-state index contributed by atoms with van der Waals surface area (Å²) in [6.45, 7) is 6.43. The molecular weight excluding hydrogens is 224 g/mol. The summed E-state index contributed by atoms with van der Waals surface area (Å²) < 4.78 is 0. The van der Waals surface area contributed by atoms with E-state index in [1.54, 1.807) is 0 Å². The Morgan fingerprint density at radius 3 is 2.76 bits per heavy atom. The molecule has 0 aliphatic heterocycles. The molecule has 0 unspecified atom stereocenters. The van der Waals surface area contributed by atoms with Gasteiger partial charge in [0.1, 0.15) is 0 Å². The molecule has 1 aliphatic rings. The Labute approximate surface area is 110 Å². The van der Waals surface area contributed by atoms with Gasteiger partial charge in [-0.1, -0.05) is 53.2 Å². The number of rotatable bonds is 4. The molecule has 0 aromatic carbocycles. The summed E-state index contributed by atoms with van der Waals surface area (Å²) >= 11 is 1.84. The van der Waals surface area contributed by atoms with Crippen molar-refractivity contribution < 1.29 is 0 Å². The maximum atomic E-state index is 2.32. The van der Waals surface area contributed by atoms with E-state index in [0.29, 0.717) is 0 Å². The molecule has 0 atom stereocenters. The summed E-state index contributed by atoms with van der Waals surface area (Å²) in [7, 11) is 0. The lowest BCUT2D eigenvalue weighted by atomic mass is 10.0. The molecule has 0 spiro atoms. The summed E-state index contributed by atoms with van der Waals surface area (Å²) in [4.78, 5) is 1.43. The summed E-state index contributed by atoms with van der Waals surface area (Å²) in [6.07, 6.45) is 17.5. The molecule has 0 bridgehead atoms. The second kappa shape index (κ2) is 7.39. The van der Waals surface area contributed by atoms with E-state index in [4.69, 9.17) is 0 Å². The average Bonchev–Trinajstić information content (AvgIpc) is 2.49. The minimum absolute atomic E-state index is 1.07. The van der Waals surface area contributed by atoms with Crippen molar-refractivity contribution in [2.75, 3.05) is 6.26 Å². The lowest BCUT2D eigenvalue weighted by Gasteiger charge is -2.09. The third kappa shape index (κ3) is 4.82. The topological polar surface area (TPSA) is 0 Å². The molecule has 17 heavy (non-hydrogen) atoms. The number of thioether (sulfide) groups is 1. The van der Waals surface area contributed by atoms with Crippen LogP contribution in [-0.4, -0.2) is 6.26 Å². The molecular formula is C16H22S. The van der Waals surface area contributed by atoms with Gasteiger partial charge in [-0.2, -0.15) is 0 Å². The first-order valence-electron chi connectivity index (χ1n) is 6.06. The predicted octanol–water partition coefficient (Wildman–Crippen LogP) is 5.42. The van der Waals surface area contributed by atoms with E-state index in [2.05, 4.69) is 63.5 Å². The maximum absolute atomic E-state index is 2.32. The number of hydrogen-bond acceptors (Lipinski definition) is 1. The van der Waals surface area contributed by atoms with E-state index in [1.807, 2.05) is 11.8 Å². The fourth-order valence-corrected chi connectivity index (χ4v) is 2.25. The zero-order chi connectivity index (χ0) is 12.7. The van der Waals surface area contributed by atoms with Crippen LogP contribution in [0.1, 0.15) is 33.6 Å². The van der Waals surface area contributed by atoms with Gasteiger partial charge in [0.2, 0.25) is 0 Å². The number of hydrogen-bond donors (Lipinski definition) is 0. The second-order valence-corrected chi connectivity index (χ2v) is 5.24. The quantitative estimate of drug-likeness (QED) is 0.597. The normalized spacial score (nSPS) is 17.6. The Hall–Kier alpha value is -0.950. The lowest BCUT2D eigenvalue weighted by Crippen LogP contribution is -1.88. The maximum Gasteiger partial charge on any atom is 0.000177 e. The van der Waals surface area contributed by atoms with Crippen LogP contribution >= 0.6 is 11.8 Å². The van der Waals surface area contributed by atoms with Crippen LogP contribution < -0.4 is 0 Å². The van der Waals surface area contributed by atoms with E-state index in [9.17, 15) is 0 Å². The molecule has 0 saturated heterocycles. The van der Waals surface area contributed by atoms with Gasteiger partial charge >= 0.3 is 0 Å². The monoisotopic (exact) mass is 246 g/mol. The van der Waals surface area contributed by atoms with Gasteiger partial charge in [-0.3, -0.25) is 0 Å². The smallest absolute Gasteiger partial charge is 0.000177 e. The molecule has 0 amide bonds. The van der Waals surface area contributed by atoms with Crippen LogP contribution in [0.3, 0.4) is 0 Å². The molecule has 0 fully saturated rings. The van der Waals surface area contributed by atoms with E-state index in [0.717, 1.165) is 12.8 Å². The fraction of sp³-hybridized carbons (Fsp3) is 0.375. The highest BCUT2D eigenvalue weighted by atomic mass is 32.2. The molecule has 1 rings (SSSR count). The molecule has 92 valence electrons. The van der Waals surface area contributed by atoms with Crippen molar-refractivity contribution >= 4 is 11.8 Å². The van der Waals surface area contributed by atoms with E-state index >= 15 is 0 Å².